The number of carbonyl (C=O) groups excluding carboxylic acids is 1. The molecule has 6 nitrogen and oxygen atoms in total. The number of rotatable bonds is 11. The molecule has 0 aliphatic rings. The molecule has 8 heteroatoms. The van der Waals surface area contributed by atoms with Crippen LogP contribution in [0.2, 0.25) is 0 Å². The molecular weight excluding hydrogens is 472 g/mol. The predicted octanol–water partition coefficient (Wildman–Crippen LogP) is 5.06. The number of nitrogens with zero attached hydrogens (tertiary/aromatic N) is 2. The van der Waals surface area contributed by atoms with Gasteiger partial charge in [0.05, 0.1) is 0 Å². The van der Waals surface area contributed by atoms with Crippen molar-refractivity contribution in [2.45, 2.75) is 32.4 Å². The van der Waals surface area contributed by atoms with E-state index in [4.69, 9.17) is 0 Å². The van der Waals surface area contributed by atoms with Crippen molar-refractivity contribution in [1.29, 1.82) is 0 Å². The Morgan fingerprint density at radius 2 is 1.59 bits per heavy atom. The lowest BCUT2D eigenvalue weighted by Crippen LogP contribution is -2.41. The van der Waals surface area contributed by atoms with Crippen molar-refractivity contribution in [3.05, 3.63) is 119 Å². The predicted molar refractivity (Wildman–Crippen MR) is 141 cm³/mol. The molecule has 0 saturated heterocycles. The summed E-state index contributed by atoms with van der Waals surface area (Å²) in [5.41, 5.74) is 3.40. The maximum absolute atomic E-state index is 13.5. The average Bonchev–Trinajstić information content (AvgIpc) is 2.88. The second kappa shape index (κ2) is 12.6. The molecule has 0 spiro atoms. The molecule has 4 aromatic rings. The van der Waals surface area contributed by atoms with Crippen molar-refractivity contribution in [2.24, 2.45) is 0 Å². The van der Waals surface area contributed by atoms with Crippen molar-refractivity contribution in [3.63, 3.8) is 0 Å². The van der Waals surface area contributed by atoms with Crippen LogP contribution in [0.1, 0.15) is 22.4 Å². The molecular formula is C29H29F2N5O. The Kier molecular flexibility index (Phi) is 8.75. The van der Waals surface area contributed by atoms with Crippen LogP contribution >= 0.6 is 0 Å². The summed E-state index contributed by atoms with van der Waals surface area (Å²) in [6.45, 7) is 2.63. The maximum Gasteiger partial charge on any atom is 0.243 e. The first kappa shape index (κ1) is 25.8. The highest BCUT2D eigenvalue weighted by atomic mass is 19.1. The van der Waals surface area contributed by atoms with E-state index in [1.807, 2.05) is 37.3 Å². The average molecular weight is 502 g/mol. The molecule has 4 rings (SSSR count). The summed E-state index contributed by atoms with van der Waals surface area (Å²) in [6.07, 6.45) is 1.12. The standard InChI is InChI=1S/C29H29F2N5O/c1-20-16-27(36-29(34-20)32-15-14-21-10-12-24(30)13-11-21)35-26(18-22-6-3-2-4-7-22)28(37)33-19-23-8-5-9-25(31)17-23/h2-13,16-17,26H,14-15,18-19H2,1H3,(H,33,37)(H2,32,34,35,36)/t26-/m0/s1. The van der Waals surface area contributed by atoms with E-state index >= 15 is 0 Å². The zero-order valence-corrected chi connectivity index (χ0v) is 20.5. The summed E-state index contributed by atoms with van der Waals surface area (Å²) in [5.74, 6) is 0.109. The summed E-state index contributed by atoms with van der Waals surface area (Å²) in [6, 6.07) is 23.4. The Labute approximate surface area is 215 Å². The van der Waals surface area contributed by atoms with Crippen LogP contribution in [-0.4, -0.2) is 28.5 Å². The van der Waals surface area contributed by atoms with Gasteiger partial charge in [0.2, 0.25) is 11.9 Å². The molecule has 1 heterocycles. The fourth-order valence-corrected chi connectivity index (χ4v) is 3.89. The van der Waals surface area contributed by atoms with Gasteiger partial charge in [0.25, 0.3) is 0 Å². The molecule has 1 amide bonds. The molecule has 0 bridgehead atoms. The number of halogens is 2. The molecule has 190 valence electrons. The lowest BCUT2D eigenvalue weighted by atomic mass is 10.0. The van der Waals surface area contributed by atoms with E-state index in [9.17, 15) is 13.6 Å². The summed E-state index contributed by atoms with van der Waals surface area (Å²) in [7, 11) is 0. The fraction of sp³-hybridized carbons (Fsp3) is 0.207. The normalized spacial score (nSPS) is 11.5. The Morgan fingerprint density at radius 3 is 2.35 bits per heavy atom. The van der Waals surface area contributed by atoms with Crippen LogP contribution < -0.4 is 16.0 Å². The van der Waals surface area contributed by atoms with Crippen LogP contribution in [-0.2, 0) is 24.2 Å². The highest BCUT2D eigenvalue weighted by Crippen LogP contribution is 2.14. The molecule has 3 N–H and O–H groups in total. The van der Waals surface area contributed by atoms with Gasteiger partial charge in [-0.05, 0) is 54.3 Å². The van der Waals surface area contributed by atoms with Crippen molar-refractivity contribution < 1.29 is 13.6 Å². The monoisotopic (exact) mass is 501 g/mol. The van der Waals surface area contributed by atoms with E-state index in [-0.39, 0.29) is 24.1 Å². The van der Waals surface area contributed by atoms with Crippen molar-refractivity contribution in [2.75, 3.05) is 17.2 Å². The van der Waals surface area contributed by atoms with Gasteiger partial charge in [-0.1, -0.05) is 54.6 Å². The van der Waals surface area contributed by atoms with E-state index in [1.54, 1.807) is 30.3 Å². The van der Waals surface area contributed by atoms with Crippen LogP contribution in [0.15, 0.2) is 84.9 Å². The van der Waals surface area contributed by atoms with Gasteiger partial charge in [-0.15, -0.1) is 0 Å². The number of carbonyl (C=O) groups is 1. The third kappa shape index (κ3) is 8.10. The summed E-state index contributed by atoms with van der Waals surface area (Å²) < 4.78 is 26.7. The largest absolute Gasteiger partial charge is 0.358 e. The first-order valence-electron chi connectivity index (χ1n) is 12.1. The number of aryl methyl sites for hydroxylation is 1. The van der Waals surface area contributed by atoms with Gasteiger partial charge < -0.3 is 16.0 Å². The summed E-state index contributed by atoms with van der Waals surface area (Å²) >= 11 is 0. The van der Waals surface area contributed by atoms with Gasteiger partial charge in [-0.25, -0.2) is 13.8 Å². The van der Waals surface area contributed by atoms with Gasteiger partial charge in [0.15, 0.2) is 0 Å². The number of hydrogen-bond acceptors (Lipinski definition) is 5. The third-order valence-electron chi connectivity index (χ3n) is 5.74. The first-order valence-corrected chi connectivity index (χ1v) is 12.1. The SMILES string of the molecule is Cc1cc(N[C@@H](Cc2ccccc2)C(=O)NCc2cccc(F)c2)nc(NCCc2ccc(F)cc2)n1. The van der Waals surface area contributed by atoms with Crippen LogP contribution in [0.25, 0.3) is 0 Å². The molecule has 0 saturated carbocycles. The molecule has 0 aliphatic carbocycles. The first-order chi connectivity index (χ1) is 17.9. The number of anilines is 2. The highest BCUT2D eigenvalue weighted by Gasteiger charge is 2.20. The van der Waals surface area contributed by atoms with Crippen molar-refractivity contribution in [3.8, 4) is 0 Å². The Hall–Kier alpha value is -4.33. The van der Waals surface area contributed by atoms with E-state index in [1.165, 1.54) is 24.3 Å². The number of benzene rings is 3. The van der Waals surface area contributed by atoms with E-state index < -0.39 is 6.04 Å². The van der Waals surface area contributed by atoms with E-state index in [0.717, 1.165) is 16.8 Å². The fourth-order valence-electron chi connectivity index (χ4n) is 3.89. The molecule has 37 heavy (non-hydrogen) atoms. The van der Waals surface area contributed by atoms with Crippen LogP contribution in [0, 0.1) is 18.6 Å². The topological polar surface area (TPSA) is 78.9 Å². The van der Waals surface area contributed by atoms with Crippen LogP contribution in [0.4, 0.5) is 20.5 Å². The lowest BCUT2D eigenvalue weighted by molar-refractivity contribution is -0.122. The Bertz CT molecular complexity index is 1320. The summed E-state index contributed by atoms with van der Waals surface area (Å²) in [4.78, 5) is 22.2. The maximum atomic E-state index is 13.5. The molecule has 0 radical (unpaired) electrons. The Morgan fingerprint density at radius 1 is 0.838 bits per heavy atom. The minimum absolute atomic E-state index is 0.211. The lowest BCUT2D eigenvalue weighted by Gasteiger charge is -2.20. The second-order valence-electron chi connectivity index (χ2n) is 8.76. The minimum atomic E-state index is -0.614. The number of nitrogens with one attached hydrogen (secondary N) is 3. The molecule has 3 aromatic carbocycles. The van der Waals surface area contributed by atoms with Gasteiger partial charge in [-0.3, -0.25) is 4.79 Å². The van der Waals surface area contributed by atoms with Crippen molar-refractivity contribution in [1.82, 2.24) is 15.3 Å². The smallest absolute Gasteiger partial charge is 0.243 e. The second-order valence-corrected chi connectivity index (χ2v) is 8.76. The molecule has 1 atom stereocenters. The molecule has 1 aromatic heterocycles. The van der Waals surface area contributed by atoms with Crippen molar-refractivity contribution >= 4 is 17.7 Å². The van der Waals surface area contributed by atoms with Gasteiger partial charge in [0, 0.05) is 31.3 Å². The minimum Gasteiger partial charge on any atom is -0.358 e. The molecule has 0 fully saturated rings. The van der Waals surface area contributed by atoms with Crippen LogP contribution in [0.3, 0.4) is 0 Å². The van der Waals surface area contributed by atoms with E-state index in [2.05, 4.69) is 25.9 Å². The number of amides is 1. The summed E-state index contributed by atoms with van der Waals surface area (Å²) in [5, 5.41) is 9.35. The third-order valence-corrected chi connectivity index (χ3v) is 5.74. The number of aromatic nitrogens is 2. The van der Waals surface area contributed by atoms with Gasteiger partial charge >= 0.3 is 0 Å². The number of hydrogen-bond donors (Lipinski definition) is 3. The zero-order valence-electron chi connectivity index (χ0n) is 20.5. The molecule has 0 unspecified atom stereocenters. The quantitative estimate of drug-likeness (QED) is 0.268. The zero-order chi connectivity index (χ0) is 26.0. The van der Waals surface area contributed by atoms with Gasteiger partial charge in [-0.2, -0.15) is 4.98 Å². The van der Waals surface area contributed by atoms with Gasteiger partial charge in [0.1, 0.15) is 23.5 Å². The van der Waals surface area contributed by atoms with E-state index in [0.29, 0.717) is 36.7 Å². The highest BCUT2D eigenvalue weighted by molar-refractivity contribution is 5.84. The van der Waals surface area contributed by atoms with Crippen LogP contribution in [0.5, 0.6) is 0 Å². The molecule has 0 aliphatic heterocycles. The Balaban J connectivity index is 1.44.